The van der Waals surface area contributed by atoms with E-state index in [1.165, 1.54) is 66.3 Å². The lowest BCUT2D eigenvalue weighted by Crippen LogP contribution is -2.43. The van der Waals surface area contributed by atoms with E-state index < -0.39 is 0 Å². The Hall–Kier alpha value is -1.23. The number of hydrogen-bond donors (Lipinski definition) is 1. The second-order valence-corrected chi connectivity index (χ2v) is 10.1. The van der Waals surface area contributed by atoms with Gasteiger partial charge < -0.3 is 14.3 Å². The molecule has 0 amide bonds. The quantitative estimate of drug-likeness (QED) is 0.692. The lowest BCUT2D eigenvalue weighted by molar-refractivity contribution is 0.0370. The highest BCUT2D eigenvalue weighted by atomic mass is 32.2. The summed E-state index contributed by atoms with van der Waals surface area (Å²) in [5.74, 6) is 1.30. The molecule has 2 aromatic carbocycles. The fraction of sp³-hybridized carbons (Fsp3) is 0.583. The Balaban J connectivity index is 1.15. The molecular weight excluding hydrogens is 364 g/mol. The number of piperidine rings is 1. The van der Waals surface area contributed by atoms with E-state index in [4.69, 9.17) is 0 Å². The van der Waals surface area contributed by atoms with Gasteiger partial charge in [-0.25, -0.2) is 0 Å². The molecule has 2 aliphatic heterocycles. The molecule has 0 spiro atoms. The van der Waals surface area contributed by atoms with Crippen LogP contribution in [0.4, 0.5) is 5.69 Å². The number of likely N-dealkylation sites (tertiary alicyclic amines) is 1. The van der Waals surface area contributed by atoms with Gasteiger partial charge in [0.2, 0.25) is 0 Å². The van der Waals surface area contributed by atoms with Crippen LogP contribution in [0.1, 0.15) is 44.9 Å². The predicted molar refractivity (Wildman–Crippen MR) is 119 cm³/mol. The Labute approximate surface area is 173 Å². The first-order chi connectivity index (χ1) is 13.8. The summed E-state index contributed by atoms with van der Waals surface area (Å²) in [5, 5.41) is 13.4. The molecule has 1 aliphatic carbocycles. The second kappa shape index (κ2) is 8.25. The molecule has 5 rings (SSSR count). The van der Waals surface area contributed by atoms with Gasteiger partial charge in [-0.1, -0.05) is 43.5 Å². The van der Waals surface area contributed by atoms with Crippen LogP contribution in [-0.4, -0.2) is 42.3 Å². The molecular formula is C24H32N2OS. The maximum absolute atomic E-state index is 10.7. The number of rotatable bonds is 5. The highest BCUT2D eigenvalue weighted by molar-refractivity contribution is 8.01. The first-order valence-corrected chi connectivity index (χ1v) is 11.9. The minimum atomic E-state index is -0.113. The van der Waals surface area contributed by atoms with E-state index in [-0.39, 0.29) is 6.10 Å². The summed E-state index contributed by atoms with van der Waals surface area (Å²) in [5.41, 5.74) is 1.40. The van der Waals surface area contributed by atoms with Crippen molar-refractivity contribution in [3.63, 3.8) is 0 Å². The topological polar surface area (TPSA) is 26.7 Å². The highest BCUT2D eigenvalue weighted by Crippen LogP contribution is 2.46. The van der Waals surface area contributed by atoms with Crippen molar-refractivity contribution < 1.29 is 5.11 Å². The average molecular weight is 397 g/mol. The van der Waals surface area contributed by atoms with E-state index in [1.54, 1.807) is 0 Å². The minimum absolute atomic E-state index is 0.113. The summed E-state index contributed by atoms with van der Waals surface area (Å²) >= 11 is 1.92. The van der Waals surface area contributed by atoms with Gasteiger partial charge in [0.25, 0.3) is 0 Å². The van der Waals surface area contributed by atoms with Gasteiger partial charge in [0.1, 0.15) is 0 Å². The molecule has 3 nitrogen and oxygen atoms in total. The number of nitrogens with zero attached hydrogens (tertiary/aromatic N) is 2. The molecule has 0 radical (unpaired) electrons. The molecule has 4 heteroatoms. The standard InChI is InChI=1S/C24H32N2OS/c27-22(19-6-2-1-3-7-19)17-25-14-12-18(13-15-25)16-26-21-10-4-8-20-9-5-11-23(28-26)24(20)21/h4-5,8-11,18-19,22,27H,1-3,6-7,12-17H2. The molecule has 1 N–H and O–H groups in total. The van der Waals surface area contributed by atoms with E-state index in [9.17, 15) is 5.11 Å². The monoisotopic (exact) mass is 396 g/mol. The molecule has 0 bridgehead atoms. The summed E-state index contributed by atoms with van der Waals surface area (Å²) in [6.07, 6.45) is 8.84. The third-order valence-corrected chi connectivity index (χ3v) is 8.20. The van der Waals surface area contributed by atoms with Crippen molar-refractivity contribution in [2.45, 2.75) is 55.9 Å². The molecule has 1 saturated carbocycles. The van der Waals surface area contributed by atoms with Crippen LogP contribution in [0.3, 0.4) is 0 Å². The molecule has 2 fully saturated rings. The van der Waals surface area contributed by atoms with E-state index in [0.717, 1.165) is 32.1 Å². The van der Waals surface area contributed by atoms with Gasteiger partial charge in [0.15, 0.2) is 0 Å². The summed E-state index contributed by atoms with van der Waals surface area (Å²) < 4.78 is 2.52. The van der Waals surface area contributed by atoms with Crippen molar-refractivity contribution in [3.8, 4) is 0 Å². The van der Waals surface area contributed by atoms with E-state index in [1.807, 2.05) is 11.9 Å². The van der Waals surface area contributed by atoms with E-state index >= 15 is 0 Å². The molecule has 28 heavy (non-hydrogen) atoms. The smallest absolute Gasteiger partial charge is 0.0695 e. The second-order valence-electron chi connectivity index (χ2n) is 8.99. The van der Waals surface area contributed by atoms with Crippen molar-refractivity contribution in [2.75, 3.05) is 30.5 Å². The normalized spacial score (nSPS) is 22.8. The molecule has 1 saturated heterocycles. The maximum Gasteiger partial charge on any atom is 0.0695 e. The van der Waals surface area contributed by atoms with Crippen LogP contribution in [0, 0.1) is 11.8 Å². The molecule has 3 aliphatic rings. The number of aliphatic hydroxyl groups is 1. The fourth-order valence-corrected chi connectivity index (χ4v) is 6.62. The van der Waals surface area contributed by atoms with Gasteiger partial charge in [-0.3, -0.25) is 0 Å². The fourth-order valence-electron chi connectivity index (χ4n) is 5.39. The number of aliphatic hydroxyl groups excluding tert-OH is 1. The predicted octanol–water partition coefficient (Wildman–Crippen LogP) is 5.32. The molecule has 1 unspecified atom stereocenters. The van der Waals surface area contributed by atoms with Gasteiger partial charge in [-0.15, -0.1) is 0 Å². The summed E-state index contributed by atoms with van der Waals surface area (Å²) in [6.45, 7) is 4.31. The minimum Gasteiger partial charge on any atom is -0.392 e. The van der Waals surface area contributed by atoms with Crippen LogP contribution in [0.2, 0.25) is 0 Å². The zero-order chi connectivity index (χ0) is 18.9. The number of anilines is 1. The van der Waals surface area contributed by atoms with Crippen molar-refractivity contribution >= 4 is 28.4 Å². The molecule has 2 heterocycles. The Morgan fingerprint density at radius 1 is 0.964 bits per heavy atom. The van der Waals surface area contributed by atoms with Crippen LogP contribution in [0.15, 0.2) is 41.3 Å². The highest BCUT2D eigenvalue weighted by Gasteiger charge is 2.29. The lowest BCUT2D eigenvalue weighted by atomic mass is 9.85. The van der Waals surface area contributed by atoms with Gasteiger partial charge in [-0.05, 0) is 80.1 Å². The Morgan fingerprint density at radius 3 is 2.50 bits per heavy atom. The summed E-state index contributed by atoms with van der Waals surface area (Å²) in [6, 6.07) is 13.3. The van der Waals surface area contributed by atoms with Crippen molar-refractivity contribution in [3.05, 3.63) is 36.4 Å². The van der Waals surface area contributed by atoms with Crippen LogP contribution in [-0.2, 0) is 0 Å². The Morgan fingerprint density at radius 2 is 1.71 bits per heavy atom. The third kappa shape index (κ3) is 3.79. The zero-order valence-corrected chi connectivity index (χ0v) is 17.5. The van der Waals surface area contributed by atoms with E-state index in [2.05, 4.69) is 45.6 Å². The number of hydrogen-bond acceptors (Lipinski definition) is 4. The Kier molecular flexibility index (Phi) is 5.53. The number of benzene rings is 2. The zero-order valence-electron chi connectivity index (χ0n) is 16.7. The van der Waals surface area contributed by atoms with Gasteiger partial charge in [0, 0.05) is 23.4 Å². The lowest BCUT2D eigenvalue weighted by Gasteiger charge is -2.37. The van der Waals surface area contributed by atoms with Crippen LogP contribution in [0.25, 0.3) is 10.8 Å². The van der Waals surface area contributed by atoms with Crippen LogP contribution in [0.5, 0.6) is 0 Å². The first-order valence-electron chi connectivity index (χ1n) is 11.2. The number of β-amino-alcohol motifs (C(OH)–C–C–N with tert-alkyl or cyclic N) is 1. The summed E-state index contributed by atoms with van der Waals surface area (Å²) in [7, 11) is 0. The van der Waals surface area contributed by atoms with Crippen LogP contribution < -0.4 is 4.31 Å². The largest absolute Gasteiger partial charge is 0.392 e. The van der Waals surface area contributed by atoms with Crippen molar-refractivity contribution in [2.24, 2.45) is 11.8 Å². The molecule has 2 aromatic rings. The SMILES string of the molecule is OC(CN1CCC(CN2Sc3cccc4cccc2c34)CC1)C1CCCCC1. The van der Waals surface area contributed by atoms with Gasteiger partial charge >= 0.3 is 0 Å². The van der Waals surface area contributed by atoms with Gasteiger partial charge in [0.05, 0.1) is 11.8 Å². The van der Waals surface area contributed by atoms with Gasteiger partial charge in [-0.2, -0.15) is 0 Å². The van der Waals surface area contributed by atoms with Crippen molar-refractivity contribution in [1.82, 2.24) is 4.90 Å². The average Bonchev–Trinajstić information content (AvgIpc) is 3.10. The molecule has 150 valence electrons. The Bertz CT molecular complexity index is 806. The first kappa shape index (κ1) is 18.8. The molecule has 1 atom stereocenters. The third-order valence-electron chi connectivity index (χ3n) is 7.09. The van der Waals surface area contributed by atoms with Crippen molar-refractivity contribution in [1.29, 1.82) is 0 Å². The van der Waals surface area contributed by atoms with E-state index in [0.29, 0.717) is 5.92 Å². The molecule has 0 aromatic heterocycles. The summed E-state index contributed by atoms with van der Waals surface area (Å²) in [4.78, 5) is 3.92. The maximum atomic E-state index is 10.7. The van der Waals surface area contributed by atoms with Crippen LogP contribution >= 0.6 is 11.9 Å².